The van der Waals surface area contributed by atoms with E-state index in [2.05, 4.69) is 59.8 Å². The molecule has 0 unspecified atom stereocenters. The number of thiocarbonyl (C=S) groups is 1. The van der Waals surface area contributed by atoms with Crippen molar-refractivity contribution in [2.24, 2.45) is 16.5 Å². The van der Waals surface area contributed by atoms with Crippen molar-refractivity contribution in [3.63, 3.8) is 0 Å². The number of amides is 7. The number of hydrogen-bond donors (Lipinski definition) is 13. The van der Waals surface area contributed by atoms with E-state index in [4.69, 9.17) is 23.7 Å². The molecule has 23 heteroatoms. The van der Waals surface area contributed by atoms with Gasteiger partial charge >= 0.3 is 5.97 Å². The van der Waals surface area contributed by atoms with Crippen molar-refractivity contribution in [2.75, 3.05) is 32.7 Å². The molecule has 0 aromatic rings. The van der Waals surface area contributed by atoms with Crippen molar-refractivity contribution in [3.05, 3.63) is 0 Å². The van der Waals surface area contributed by atoms with Gasteiger partial charge in [0.05, 0.1) is 6.10 Å². The number of aliphatic imine (C=N–C) groups is 1. The lowest BCUT2D eigenvalue weighted by Crippen LogP contribution is -2.59. The fourth-order valence-corrected chi connectivity index (χ4v) is 8.37. The number of aliphatic hydroxyl groups excluding tert-OH is 1. The van der Waals surface area contributed by atoms with Crippen molar-refractivity contribution in [1.29, 1.82) is 0 Å². The molecule has 1 fully saturated rings. The fraction of sp³-hybridized carbons (Fsp3) is 0.800. The van der Waals surface area contributed by atoms with Crippen LogP contribution in [0.2, 0.25) is 0 Å². The third-order valence-corrected chi connectivity index (χ3v) is 12.7. The second-order valence-electron chi connectivity index (χ2n) is 19.1. The first-order valence-corrected chi connectivity index (χ1v) is 27.4. The minimum atomic E-state index is -1.69. The van der Waals surface area contributed by atoms with Crippen molar-refractivity contribution < 1.29 is 48.6 Å². The van der Waals surface area contributed by atoms with Crippen LogP contribution in [0.15, 0.2) is 4.99 Å². The van der Waals surface area contributed by atoms with Crippen molar-refractivity contribution in [1.82, 2.24) is 47.9 Å². The van der Waals surface area contributed by atoms with Crippen LogP contribution in [0.1, 0.15) is 188 Å². The Morgan fingerprint density at radius 2 is 1.19 bits per heavy atom. The van der Waals surface area contributed by atoms with Gasteiger partial charge in [-0.25, -0.2) is 4.79 Å². The topological polar surface area (TPSA) is 350 Å². The van der Waals surface area contributed by atoms with Crippen LogP contribution < -0.4 is 59.3 Å². The molecule has 0 aromatic carbocycles. The van der Waals surface area contributed by atoms with Crippen LogP contribution >= 0.6 is 12.2 Å². The first-order chi connectivity index (χ1) is 34.9. The quantitative estimate of drug-likeness (QED) is 0.0285. The van der Waals surface area contributed by atoms with Crippen LogP contribution in [0.4, 0.5) is 0 Å². The van der Waals surface area contributed by atoms with Crippen molar-refractivity contribution >= 4 is 70.6 Å². The van der Waals surface area contributed by atoms with Gasteiger partial charge in [-0.3, -0.25) is 38.6 Å². The molecule has 0 saturated carbocycles. The summed E-state index contributed by atoms with van der Waals surface area (Å²) in [5.41, 5.74) is 11.1. The predicted molar refractivity (Wildman–Crippen MR) is 286 cm³/mol. The van der Waals surface area contributed by atoms with E-state index in [-0.39, 0.29) is 63.0 Å². The van der Waals surface area contributed by atoms with Crippen LogP contribution in [0.25, 0.3) is 0 Å². The molecule has 418 valence electrons. The smallest absolute Gasteiger partial charge is 0.328 e. The molecule has 15 N–H and O–H groups in total. The Morgan fingerprint density at radius 3 is 1.73 bits per heavy atom. The molecular formula is C50H92N12O10S. The molecule has 0 aliphatic carbocycles. The predicted octanol–water partition coefficient (Wildman–Crippen LogP) is 2.04. The first kappa shape index (κ1) is 65.7. The van der Waals surface area contributed by atoms with Gasteiger partial charge in [-0.1, -0.05) is 71.1 Å². The number of aliphatic carboxylic acids is 1. The lowest BCUT2D eigenvalue weighted by molar-refractivity contribution is -0.145. The Morgan fingerprint density at radius 1 is 0.685 bits per heavy atom. The number of carboxylic acids is 1. The number of nitrogens with one attached hydrogen (secondary N) is 9. The molecule has 1 saturated heterocycles. The van der Waals surface area contributed by atoms with Crippen LogP contribution in [-0.2, 0) is 38.4 Å². The molecule has 0 bridgehead atoms. The third kappa shape index (κ3) is 33.9. The maximum atomic E-state index is 14.3. The molecule has 1 aliphatic rings. The van der Waals surface area contributed by atoms with Gasteiger partial charge in [0.2, 0.25) is 41.4 Å². The summed E-state index contributed by atoms with van der Waals surface area (Å²) in [6.45, 7) is 6.61. The Hall–Kier alpha value is -5.32. The number of hydrogen-bond acceptors (Lipinski definition) is 11. The van der Waals surface area contributed by atoms with Gasteiger partial charge in [-0.15, -0.1) is 0 Å². The normalized spacial score (nSPS) is 20.6. The Bertz CT molecular complexity index is 1700. The average molecular weight is 1050 g/mol. The van der Waals surface area contributed by atoms with E-state index in [1.54, 1.807) is 0 Å². The maximum Gasteiger partial charge on any atom is 0.328 e. The molecule has 0 spiro atoms. The van der Waals surface area contributed by atoms with E-state index in [0.29, 0.717) is 82.4 Å². The zero-order valence-electron chi connectivity index (χ0n) is 44.1. The summed E-state index contributed by atoms with van der Waals surface area (Å²) in [6.07, 6.45) is 15.9. The molecule has 0 radical (unpaired) electrons. The monoisotopic (exact) mass is 1050 g/mol. The standard InChI is InChI=1S/C50H92N12O10S/c1-4-5-6-7-8-9-10-13-19-32-56-50(73)57-33-22-18-25-38-45(68)60-39(47(70)62-43(35(2)63)48(71)72)26-17-21-31-54-42(66)29-15-12-11-14-28-41(65)53-30-20-16-24-37(58-36(3)64)44(67)61-40(46(69)59-38)27-23-34-55-49(51)52/h35,37-40,43,63H,4-34H2,1-3H3,(H,53,65)(H,54,66)(H,58,64)(H,59,69)(H,60,68)(H,61,67)(H,62,70)(H,71,72)(H4,51,52,55)(H2,56,57,73)/t35-,37+,38+,39+,40+,43+/m1/s1. The summed E-state index contributed by atoms with van der Waals surface area (Å²) in [6, 6.07) is -6.56. The number of unbranched alkanes of at least 4 members (excludes halogenated alkanes) is 9. The second kappa shape index (κ2) is 41.1. The van der Waals surface area contributed by atoms with E-state index in [0.717, 1.165) is 32.2 Å². The molecule has 1 rings (SSSR count). The van der Waals surface area contributed by atoms with Gasteiger partial charge in [0, 0.05) is 52.5 Å². The number of carboxylic acid groups (broad SMARTS) is 1. The van der Waals surface area contributed by atoms with E-state index in [1.807, 2.05) is 0 Å². The first-order valence-electron chi connectivity index (χ1n) is 26.9. The number of guanidine groups is 1. The SMILES string of the molecule is CCCCCCCCCCCNC(=S)NCCCC[C@@H]1NC(=O)[C@H](CCCN=C(N)N)NC(=O)[C@@H](NC(C)=O)CCCCNC(=O)CCCCCCC(=O)NCCCC[C@@H](C(=O)N[C@H](C(=O)O)[C@@H](C)O)NC1=O. The summed E-state index contributed by atoms with van der Waals surface area (Å²) >= 11 is 5.49. The number of nitrogens with two attached hydrogens (primary N) is 2. The summed E-state index contributed by atoms with van der Waals surface area (Å²) in [4.78, 5) is 110. The van der Waals surface area contributed by atoms with Gasteiger partial charge in [0.25, 0.3) is 0 Å². The number of carbonyl (C=O) groups excluding carboxylic acids is 7. The zero-order valence-corrected chi connectivity index (χ0v) is 44.9. The van der Waals surface area contributed by atoms with Crippen LogP contribution in [-0.4, -0.2) is 138 Å². The van der Waals surface area contributed by atoms with Gasteiger partial charge in [0.1, 0.15) is 24.2 Å². The van der Waals surface area contributed by atoms with Crippen LogP contribution in [0.3, 0.4) is 0 Å². The van der Waals surface area contributed by atoms with Gasteiger partial charge in [-0.2, -0.15) is 0 Å². The van der Waals surface area contributed by atoms with E-state index in [9.17, 15) is 48.6 Å². The highest BCUT2D eigenvalue weighted by Gasteiger charge is 2.33. The number of rotatable bonds is 24. The largest absolute Gasteiger partial charge is 0.480 e. The lowest BCUT2D eigenvalue weighted by atomic mass is 10.0. The van der Waals surface area contributed by atoms with Crippen LogP contribution in [0.5, 0.6) is 0 Å². The molecule has 22 nitrogen and oxygen atoms in total. The summed E-state index contributed by atoms with van der Waals surface area (Å²) < 4.78 is 0. The van der Waals surface area contributed by atoms with Gasteiger partial charge < -0.3 is 69.5 Å². The summed E-state index contributed by atoms with van der Waals surface area (Å²) in [7, 11) is 0. The highest BCUT2D eigenvalue weighted by atomic mass is 32.1. The summed E-state index contributed by atoms with van der Waals surface area (Å²) in [5, 5.41) is 45.7. The average Bonchev–Trinajstić information content (AvgIpc) is 3.33. The molecular weight excluding hydrogens is 961 g/mol. The molecule has 6 atom stereocenters. The second-order valence-corrected chi connectivity index (χ2v) is 19.5. The fourth-order valence-electron chi connectivity index (χ4n) is 8.16. The molecule has 1 aliphatic heterocycles. The lowest BCUT2D eigenvalue weighted by Gasteiger charge is -2.27. The summed E-state index contributed by atoms with van der Waals surface area (Å²) in [5.74, 6) is -5.44. The highest BCUT2D eigenvalue weighted by molar-refractivity contribution is 7.80. The van der Waals surface area contributed by atoms with E-state index in [1.165, 1.54) is 58.8 Å². The zero-order chi connectivity index (χ0) is 54.2. The minimum absolute atomic E-state index is 0.00919. The molecule has 1 heterocycles. The Kier molecular flexibility index (Phi) is 37.0. The Labute approximate surface area is 438 Å². The molecule has 0 aromatic heterocycles. The Balaban J connectivity index is 3.40. The van der Waals surface area contributed by atoms with Gasteiger partial charge in [0.15, 0.2) is 17.1 Å². The highest BCUT2D eigenvalue weighted by Crippen LogP contribution is 2.12. The maximum absolute atomic E-state index is 14.3. The van der Waals surface area contributed by atoms with E-state index >= 15 is 0 Å². The van der Waals surface area contributed by atoms with Crippen LogP contribution in [0, 0.1) is 0 Å². The van der Waals surface area contributed by atoms with Crippen molar-refractivity contribution in [3.8, 4) is 0 Å². The number of aliphatic hydroxyl groups is 1. The van der Waals surface area contributed by atoms with Crippen molar-refractivity contribution in [2.45, 2.75) is 224 Å². The number of nitrogens with zero attached hydrogens (tertiary/aromatic N) is 1. The minimum Gasteiger partial charge on any atom is -0.480 e. The van der Waals surface area contributed by atoms with Gasteiger partial charge in [-0.05, 0) is 109 Å². The van der Waals surface area contributed by atoms with E-state index < -0.39 is 71.8 Å². The number of carbonyl (C=O) groups is 8. The third-order valence-electron chi connectivity index (χ3n) is 12.4. The molecule has 7 amide bonds. The molecule has 73 heavy (non-hydrogen) atoms.